The largest absolute Gasteiger partial charge is 0.468 e. The van der Waals surface area contributed by atoms with E-state index in [1.807, 2.05) is 69.0 Å². The van der Waals surface area contributed by atoms with Crippen molar-refractivity contribution in [2.45, 2.75) is 97.2 Å². The van der Waals surface area contributed by atoms with Crippen molar-refractivity contribution in [3.05, 3.63) is 34.5 Å². The van der Waals surface area contributed by atoms with Crippen LogP contribution in [0.5, 0.6) is 0 Å². The van der Waals surface area contributed by atoms with E-state index in [0.29, 0.717) is 19.4 Å². The highest BCUT2D eigenvalue weighted by atomic mass is 32.2. The number of esters is 1. The lowest BCUT2D eigenvalue weighted by molar-refractivity contribution is -0.141. The molecule has 10 nitrogen and oxygen atoms in total. The summed E-state index contributed by atoms with van der Waals surface area (Å²) in [4.78, 5) is 41.7. The molecule has 1 fully saturated rings. The summed E-state index contributed by atoms with van der Waals surface area (Å²) in [5.41, 5.74) is -0.552. The summed E-state index contributed by atoms with van der Waals surface area (Å²) < 4.78 is 30.3. The van der Waals surface area contributed by atoms with Crippen molar-refractivity contribution in [3.8, 4) is 0 Å². The minimum atomic E-state index is -2.66. The van der Waals surface area contributed by atoms with E-state index < -0.39 is 27.4 Å². The maximum absolute atomic E-state index is 12.8. The number of amides is 2. The lowest BCUT2D eigenvalue weighted by Crippen LogP contribution is -2.48. The Morgan fingerprint density at radius 3 is 2.30 bits per heavy atom. The maximum atomic E-state index is 12.8. The zero-order valence-electron chi connectivity index (χ0n) is 28.5. The molecule has 1 aliphatic rings. The number of hydrogen-bond acceptors (Lipinski definition) is 10. The van der Waals surface area contributed by atoms with Crippen LogP contribution in [-0.4, -0.2) is 104 Å². The molecule has 44 heavy (non-hydrogen) atoms. The van der Waals surface area contributed by atoms with Crippen molar-refractivity contribution in [2.75, 3.05) is 45.0 Å². The van der Waals surface area contributed by atoms with Crippen LogP contribution >= 0.6 is 23.1 Å². The summed E-state index contributed by atoms with van der Waals surface area (Å²) in [6, 6.07) is 3.50. The van der Waals surface area contributed by atoms with E-state index in [-0.39, 0.29) is 35.2 Å². The van der Waals surface area contributed by atoms with Crippen LogP contribution in [0.3, 0.4) is 0 Å². The van der Waals surface area contributed by atoms with Gasteiger partial charge >= 0.3 is 12.1 Å². The molecule has 2 rings (SSSR count). The van der Waals surface area contributed by atoms with Gasteiger partial charge in [0.1, 0.15) is 22.0 Å². The van der Waals surface area contributed by atoms with Crippen LogP contribution in [0.2, 0.25) is 0 Å². The van der Waals surface area contributed by atoms with E-state index in [1.165, 1.54) is 19.8 Å². The van der Waals surface area contributed by atoms with Crippen LogP contribution in [-0.2, 0) is 35.3 Å². The second kappa shape index (κ2) is 20.1. The molecule has 2 atom stereocenters. The Balaban J connectivity index is 0.00000180. The minimum Gasteiger partial charge on any atom is -0.468 e. The highest BCUT2D eigenvalue weighted by Crippen LogP contribution is 2.40. The maximum Gasteiger partial charge on any atom is 0.411 e. The van der Waals surface area contributed by atoms with Crippen LogP contribution in [0.15, 0.2) is 29.7 Å². The van der Waals surface area contributed by atoms with Gasteiger partial charge in [0, 0.05) is 35.6 Å². The molecule has 0 aromatic carbocycles. The number of thiophene rings is 1. The average Bonchev–Trinajstić information content (AvgIpc) is 3.54. The number of sulfone groups is 1. The fourth-order valence-corrected chi connectivity index (χ4v) is 5.68. The highest BCUT2D eigenvalue weighted by Gasteiger charge is 2.44. The number of ether oxygens (including phenoxy) is 2. The molecule has 0 radical (unpaired) electrons. The van der Waals surface area contributed by atoms with E-state index in [0.717, 1.165) is 10.6 Å². The normalized spacial score (nSPS) is 16.8. The minimum absolute atomic E-state index is 0.0552. The molecule has 0 saturated carbocycles. The Kier molecular flexibility index (Phi) is 19.2. The number of likely N-dealkylation sites (N-methyl/N-ethyl adjacent to an activating group) is 1. The van der Waals surface area contributed by atoms with Crippen molar-refractivity contribution in [3.63, 3.8) is 0 Å². The number of nitrogens with one attached hydrogen (secondary N) is 1. The van der Waals surface area contributed by atoms with Crippen molar-refractivity contribution < 1.29 is 32.3 Å². The fraction of sp³-hybridized carbons (Fsp3) is 0.710. The number of methoxy groups -OCH3 is 1. The standard InChI is InChI=1S/C25H39N3O5S2.C3H8O2S.C3H8/c1-24(2,3)33-23(31)28-18(17-35-25(28,4)5)11-8-9-13-27(6)20(15-19-12-10-14-34-19)22(30)26-16-21(29)32-7;1-3-6(2,4)5;1-3-2/h8,10-12,14,18,20H,9,13,15-17H2,1-7H3,(H,26,30);3H2,1-2H3;3H2,1-2H3/b11-8+;;. The monoisotopic (exact) mass is 677 g/mol. The first-order valence-electron chi connectivity index (χ1n) is 14.9. The Hall–Kier alpha value is -2.09. The average molecular weight is 678 g/mol. The zero-order valence-corrected chi connectivity index (χ0v) is 30.9. The number of carbonyl (C=O) groups is 3. The van der Waals surface area contributed by atoms with Crippen LogP contribution in [0, 0.1) is 0 Å². The molecule has 0 aliphatic carbocycles. The SMILES string of the molecule is CCC.CCS(C)(=O)=O.COC(=O)CNC(=O)C(Cc1cccs1)N(C)CC/C=C/C1CSC(C)(C)N1C(=O)OC(C)(C)C. The predicted molar refractivity (Wildman–Crippen MR) is 183 cm³/mol. The third-order valence-corrected chi connectivity index (χ3v) is 9.44. The first-order valence-corrected chi connectivity index (χ1v) is 18.8. The Bertz CT molecular complexity index is 1130. The van der Waals surface area contributed by atoms with Crippen LogP contribution in [0.25, 0.3) is 0 Å². The van der Waals surface area contributed by atoms with Crippen molar-refractivity contribution in [1.29, 1.82) is 0 Å². The van der Waals surface area contributed by atoms with Gasteiger partial charge in [-0.05, 0) is 59.5 Å². The van der Waals surface area contributed by atoms with Crippen molar-refractivity contribution >= 4 is 50.9 Å². The topological polar surface area (TPSA) is 122 Å². The van der Waals surface area contributed by atoms with Gasteiger partial charge in [0.2, 0.25) is 5.91 Å². The smallest absolute Gasteiger partial charge is 0.411 e. The first kappa shape index (κ1) is 41.9. The van der Waals surface area contributed by atoms with E-state index in [4.69, 9.17) is 4.74 Å². The molecule has 1 aliphatic heterocycles. The zero-order chi connectivity index (χ0) is 34.1. The van der Waals surface area contributed by atoms with Gasteiger partial charge in [0.05, 0.1) is 24.1 Å². The van der Waals surface area contributed by atoms with Gasteiger partial charge in [-0.1, -0.05) is 45.4 Å². The molecule has 2 amide bonds. The molecule has 1 aromatic rings. The molecule has 13 heteroatoms. The van der Waals surface area contributed by atoms with Gasteiger partial charge in [-0.2, -0.15) is 0 Å². The number of rotatable bonds is 11. The summed E-state index contributed by atoms with van der Waals surface area (Å²) in [7, 11) is 0.542. The molecule has 1 aromatic heterocycles. The van der Waals surface area contributed by atoms with Crippen molar-refractivity contribution in [1.82, 2.24) is 15.1 Å². The third-order valence-electron chi connectivity index (χ3n) is 6.08. The molecule has 2 unspecified atom stereocenters. The lowest BCUT2D eigenvalue weighted by atomic mass is 10.1. The molecule has 0 bridgehead atoms. The quantitative estimate of drug-likeness (QED) is 0.243. The van der Waals surface area contributed by atoms with Gasteiger partial charge < -0.3 is 14.8 Å². The summed E-state index contributed by atoms with van der Waals surface area (Å²) in [5, 5.41) is 4.66. The summed E-state index contributed by atoms with van der Waals surface area (Å²) >= 11 is 3.33. The Morgan fingerprint density at radius 2 is 1.82 bits per heavy atom. The van der Waals surface area contributed by atoms with Gasteiger partial charge in [0.15, 0.2) is 0 Å². The second-order valence-electron chi connectivity index (χ2n) is 11.9. The predicted octanol–water partition coefficient (Wildman–Crippen LogP) is 5.38. The van der Waals surface area contributed by atoms with Gasteiger partial charge in [0.25, 0.3) is 0 Å². The van der Waals surface area contributed by atoms with Gasteiger partial charge in [-0.15, -0.1) is 23.1 Å². The molecular weight excluding hydrogens is 623 g/mol. The summed E-state index contributed by atoms with van der Waals surface area (Å²) in [6.07, 6.45) is 7.56. The number of thioether (sulfide) groups is 1. The highest BCUT2D eigenvalue weighted by molar-refractivity contribution is 8.00. The lowest BCUT2D eigenvalue weighted by Gasteiger charge is -2.35. The van der Waals surface area contributed by atoms with E-state index in [9.17, 15) is 22.8 Å². The number of hydrogen-bond donors (Lipinski definition) is 1. The number of nitrogens with zero attached hydrogens (tertiary/aromatic N) is 2. The van der Waals surface area contributed by atoms with Crippen LogP contribution in [0.1, 0.15) is 73.1 Å². The molecule has 1 saturated heterocycles. The van der Waals surface area contributed by atoms with E-state index in [2.05, 4.69) is 36.1 Å². The molecule has 254 valence electrons. The van der Waals surface area contributed by atoms with Crippen molar-refractivity contribution in [2.24, 2.45) is 0 Å². The number of carbonyl (C=O) groups excluding carboxylic acids is 3. The summed E-state index contributed by atoms with van der Waals surface area (Å²) in [5.74, 6) is 0.355. The molecule has 2 heterocycles. The third kappa shape index (κ3) is 17.4. The summed E-state index contributed by atoms with van der Waals surface area (Å²) in [6.45, 7) is 16.0. The van der Waals surface area contributed by atoms with E-state index >= 15 is 0 Å². The Morgan fingerprint density at radius 1 is 1.23 bits per heavy atom. The fourth-order valence-electron chi connectivity index (χ4n) is 3.75. The first-order chi connectivity index (χ1) is 20.3. The Labute approximate surface area is 274 Å². The van der Waals surface area contributed by atoms with E-state index in [1.54, 1.807) is 30.0 Å². The molecule has 1 N–H and O–H groups in total. The van der Waals surface area contributed by atoms with Crippen LogP contribution in [0.4, 0.5) is 4.79 Å². The van der Waals surface area contributed by atoms with Gasteiger partial charge in [-0.25, -0.2) is 13.2 Å². The molecule has 0 spiro atoms. The molecular formula is C31H55N3O7S3. The second-order valence-corrected chi connectivity index (χ2v) is 17.0. The van der Waals surface area contributed by atoms with Crippen LogP contribution < -0.4 is 5.32 Å². The van der Waals surface area contributed by atoms with Gasteiger partial charge in [-0.3, -0.25) is 19.4 Å².